The van der Waals surface area contributed by atoms with Gasteiger partial charge in [0.15, 0.2) is 0 Å². The van der Waals surface area contributed by atoms with Crippen molar-refractivity contribution in [1.29, 1.82) is 0 Å². The Morgan fingerprint density at radius 3 is 2.33 bits per heavy atom. The van der Waals surface area contributed by atoms with Gasteiger partial charge in [-0.15, -0.1) is 6.58 Å². The molecule has 0 aliphatic carbocycles. The van der Waals surface area contributed by atoms with Crippen LogP contribution in [0.2, 0.25) is 0 Å². The van der Waals surface area contributed by atoms with Crippen LogP contribution in [0.1, 0.15) is 40.0 Å². The molecule has 0 aromatic carbocycles. The maximum absolute atomic E-state index is 5.65. The predicted molar refractivity (Wildman–Crippen MR) is 67.5 cm³/mol. The Morgan fingerprint density at radius 2 is 2.07 bits per heavy atom. The van der Waals surface area contributed by atoms with E-state index in [1.54, 1.807) is 0 Å². The van der Waals surface area contributed by atoms with Crippen molar-refractivity contribution in [3.8, 4) is 0 Å². The molecule has 0 radical (unpaired) electrons. The number of hydrogen-bond acceptors (Lipinski definition) is 3. The molecule has 15 heavy (non-hydrogen) atoms. The summed E-state index contributed by atoms with van der Waals surface area (Å²) in [5, 5.41) is 0. The van der Waals surface area contributed by atoms with Crippen LogP contribution in [0.25, 0.3) is 0 Å². The third-order valence-electron chi connectivity index (χ3n) is 3.55. The normalized spacial score (nSPS) is 17.5. The molecule has 0 saturated carbocycles. The van der Waals surface area contributed by atoms with Gasteiger partial charge in [0.2, 0.25) is 0 Å². The van der Waals surface area contributed by atoms with E-state index in [1.165, 1.54) is 5.57 Å². The van der Waals surface area contributed by atoms with Gasteiger partial charge in [0.25, 0.3) is 0 Å². The third kappa shape index (κ3) is 3.93. The lowest BCUT2D eigenvalue weighted by molar-refractivity contribution is 0.108. The highest BCUT2D eigenvalue weighted by molar-refractivity contribution is 4.97. The molecule has 0 bridgehead atoms. The predicted octanol–water partition coefficient (Wildman–Crippen LogP) is 1.90. The number of allylic oxidation sites excluding steroid dienone is 1. The van der Waals surface area contributed by atoms with Gasteiger partial charge < -0.3 is 4.90 Å². The van der Waals surface area contributed by atoms with E-state index in [1.807, 2.05) is 0 Å². The Kier molecular flexibility index (Phi) is 6.10. The number of rotatable bonds is 7. The van der Waals surface area contributed by atoms with Crippen molar-refractivity contribution in [3.05, 3.63) is 12.2 Å². The fraction of sp³-hybridized carbons (Fsp3) is 0.833. The summed E-state index contributed by atoms with van der Waals surface area (Å²) in [6.07, 6.45) is 3.14. The van der Waals surface area contributed by atoms with Gasteiger partial charge in [-0.2, -0.15) is 0 Å². The SMILES string of the molecule is C=C(C)CCC(NN)C(C)(CC)N(C)C. The lowest BCUT2D eigenvalue weighted by Gasteiger charge is -2.42. The van der Waals surface area contributed by atoms with Gasteiger partial charge in [-0.05, 0) is 47.2 Å². The molecule has 0 aliphatic heterocycles. The van der Waals surface area contributed by atoms with Crippen LogP contribution in [0.3, 0.4) is 0 Å². The minimum atomic E-state index is 0.101. The molecule has 0 saturated heterocycles. The van der Waals surface area contributed by atoms with Crippen molar-refractivity contribution in [2.24, 2.45) is 5.84 Å². The average Bonchev–Trinajstić information content (AvgIpc) is 2.17. The van der Waals surface area contributed by atoms with Gasteiger partial charge in [0.05, 0.1) is 0 Å². The number of nitrogens with one attached hydrogen (secondary N) is 1. The summed E-state index contributed by atoms with van der Waals surface area (Å²) in [5.41, 5.74) is 4.26. The van der Waals surface area contributed by atoms with Crippen molar-refractivity contribution >= 4 is 0 Å². The molecule has 0 heterocycles. The fourth-order valence-corrected chi connectivity index (χ4v) is 1.84. The molecule has 3 nitrogen and oxygen atoms in total. The summed E-state index contributed by atoms with van der Waals surface area (Å²) in [6.45, 7) is 10.4. The Labute approximate surface area is 94.7 Å². The molecule has 3 N–H and O–H groups in total. The lowest BCUT2D eigenvalue weighted by Crippen LogP contribution is -2.58. The van der Waals surface area contributed by atoms with Crippen molar-refractivity contribution in [2.75, 3.05) is 14.1 Å². The van der Waals surface area contributed by atoms with Crippen LogP contribution < -0.4 is 11.3 Å². The van der Waals surface area contributed by atoms with Gasteiger partial charge >= 0.3 is 0 Å². The minimum absolute atomic E-state index is 0.101. The van der Waals surface area contributed by atoms with Crippen molar-refractivity contribution < 1.29 is 0 Å². The topological polar surface area (TPSA) is 41.3 Å². The summed E-state index contributed by atoms with van der Waals surface area (Å²) < 4.78 is 0. The van der Waals surface area contributed by atoms with Crippen molar-refractivity contribution in [1.82, 2.24) is 10.3 Å². The van der Waals surface area contributed by atoms with Crippen molar-refractivity contribution in [2.45, 2.75) is 51.6 Å². The first-order valence-electron chi connectivity index (χ1n) is 5.66. The van der Waals surface area contributed by atoms with Gasteiger partial charge in [-0.25, -0.2) is 0 Å². The molecule has 0 aromatic rings. The van der Waals surface area contributed by atoms with Crippen LogP contribution in [0.4, 0.5) is 0 Å². The summed E-state index contributed by atoms with van der Waals surface area (Å²) >= 11 is 0. The highest BCUT2D eigenvalue weighted by Gasteiger charge is 2.33. The largest absolute Gasteiger partial charge is 0.302 e. The molecular formula is C12H27N3. The van der Waals surface area contributed by atoms with Crippen molar-refractivity contribution in [3.63, 3.8) is 0 Å². The second-order valence-corrected chi connectivity index (χ2v) is 4.82. The lowest BCUT2D eigenvalue weighted by atomic mass is 9.85. The first-order chi connectivity index (χ1) is 6.88. The number of hydrogen-bond donors (Lipinski definition) is 2. The van der Waals surface area contributed by atoms with Crippen LogP contribution in [0, 0.1) is 0 Å². The minimum Gasteiger partial charge on any atom is -0.302 e. The zero-order valence-corrected chi connectivity index (χ0v) is 10.9. The smallest absolute Gasteiger partial charge is 0.0394 e. The number of nitrogens with zero attached hydrogens (tertiary/aromatic N) is 1. The summed E-state index contributed by atoms with van der Waals surface area (Å²) in [5.74, 6) is 5.65. The average molecular weight is 213 g/mol. The van der Waals surface area contributed by atoms with E-state index in [9.17, 15) is 0 Å². The van der Waals surface area contributed by atoms with E-state index >= 15 is 0 Å². The molecule has 90 valence electrons. The third-order valence-corrected chi connectivity index (χ3v) is 3.55. The summed E-state index contributed by atoms with van der Waals surface area (Å²) in [6, 6.07) is 0.300. The number of nitrogens with two attached hydrogens (primary N) is 1. The second kappa shape index (κ2) is 6.26. The van der Waals surface area contributed by atoms with E-state index in [2.05, 4.69) is 51.8 Å². The monoisotopic (exact) mass is 213 g/mol. The molecule has 0 amide bonds. The molecule has 0 fully saturated rings. The van der Waals surface area contributed by atoms with E-state index < -0.39 is 0 Å². The number of hydrazine groups is 1. The molecular weight excluding hydrogens is 186 g/mol. The van der Waals surface area contributed by atoms with Gasteiger partial charge in [0.1, 0.15) is 0 Å². The highest BCUT2D eigenvalue weighted by atomic mass is 15.3. The Balaban J connectivity index is 4.53. The molecule has 0 rings (SSSR count). The van der Waals surface area contributed by atoms with E-state index in [4.69, 9.17) is 5.84 Å². The quantitative estimate of drug-likeness (QED) is 0.385. The molecule has 0 aromatic heterocycles. The molecule has 2 unspecified atom stereocenters. The Hall–Kier alpha value is -0.380. The van der Waals surface area contributed by atoms with Gasteiger partial charge in [0, 0.05) is 11.6 Å². The second-order valence-electron chi connectivity index (χ2n) is 4.82. The first kappa shape index (κ1) is 14.6. The fourth-order valence-electron chi connectivity index (χ4n) is 1.84. The summed E-state index contributed by atoms with van der Waals surface area (Å²) in [4.78, 5) is 2.25. The number of likely N-dealkylation sites (N-methyl/N-ethyl adjacent to an activating group) is 1. The van der Waals surface area contributed by atoms with Gasteiger partial charge in [-0.1, -0.05) is 12.5 Å². The van der Waals surface area contributed by atoms with Crippen LogP contribution in [0.5, 0.6) is 0 Å². The Morgan fingerprint density at radius 1 is 1.53 bits per heavy atom. The zero-order valence-electron chi connectivity index (χ0n) is 10.9. The van der Waals surface area contributed by atoms with Crippen LogP contribution in [-0.4, -0.2) is 30.6 Å². The van der Waals surface area contributed by atoms with Crippen LogP contribution >= 0.6 is 0 Å². The molecule has 0 aliphatic rings. The highest BCUT2D eigenvalue weighted by Crippen LogP contribution is 2.24. The first-order valence-corrected chi connectivity index (χ1v) is 5.66. The van der Waals surface area contributed by atoms with Gasteiger partial charge in [-0.3, -0.25) is 11.3 Å². The maximum Gasteiger partial charge on any atom is 0.0394 e. The molecule has 3 heteroatoms. The molecule has 2 atom stereocenters. The summed E-state index contributed by atoms with van der Waals surface area (Å²) in [7, 11) is 4.21. The standard InChI is InChI=1S/C12H27N3/c1-7-12(4,15(5)6)11(14-13)9-8-10(2)3/h11,14H,2,7-9,13H2,1,3-6H3. The van der Waals surface area contributed by atoms with E-state index in [-0.39, 0.29) is 5.54 Å². The maximum atomic E-state index is 5.65. The molecule has 0 spiro atoms. The zero-order chi connectivity index (χ0) is 12.1. The van der Waals surface area contributed by atoms with E-state index in [0.29, 0.717) is 6.04 Å². The van der Waals surface area contributed by atoms with Crippen LogP contribution in [0.15, 0.2) is 12.2 Å². The Bertz CT molecular complexity index is 201. The van der Waals surface area contributed by atoms with Crippen LogP contribution in [-0.2, 0) is 0 Å². The van der Waals surface area contributed by atoms with E-state index in [0.717, 1.165) is 19.3 Å².